The van der Waals surface area contributed by atoms with E-state index in [9.17, 15) is 5.26 Å². The summed E-state index contributed by atoms with van der Waals surface area (Å²) in [6, 6.07) is 7.70. The average molecular weight is 333 g/mol. The Labute approximate surface area is 134 Å². The molecule has 21 heavy (non-hydrogen) atoms. The summed E-state index contributed by atoms with van der Waals surface area (Å²) >= 11 is 8.89. The molecule has 0 saturated heterocycles. The van der Waals surface area contributed by atoms with Crippen LogP contribution in [0.3, 0.4) is 0 Å². The zero-order chi connectivity index (χ0) is 14.8. The Morgan fingerprint density at radius 2 is 2.29 bits per heavy atom. The fourth-order valence-corrected chi connectivity index (χ4v) is 3.59. The molecule has 0 atom stereocenters. The van der Waals surface area contributed by atoms with Crippen LogP contribution in [0.4, 0.5) is 5.13 Å². The van der Waals surface area contributed by atoms with Crippen molar-refractivity contribution < 1.29 is 0 Å². The Hall–Kier alpha value is -1.94. The first kappa shape index (κ1) is 14.0. The molecule has 3 aromatic rings. The van der Waals surface area contributed by atoms with Gasteiger partial charge in [-0.15, -0.1) is 11.3 Å². The van der Waals surface area contributed by atoms with E-state index in [-0.39, 0.29) is 0 Å². The van der Waals surface area contributed by atoms with Crippen molar-refractivity contribution in [2.75, 3.05) is 5.32 Å². The van der Waals surface area contributed by atoms with Gasteiger partial charge in [-0.2, -0.15) is 5.26 Å². The van der Waals surface area contributed by atoms with Gasteiger partial charge in [0, 0.05) is 22.3 Å². The van der Waals surface area contributed by atoms with Crippen molar-refractivity contribution in [2.24, 2.45) is 0 Å². The van der Waals surface area contributed by atoms with Crippen LogP contribution in [-0.4, -0.2) is 9.97 Å². The number of nitrogens with one attached hydrogen (secondary N) is 1. The summed E-state index contributed by atoms with van der Waals surface area (Å²) in [4.78, 5) is 8.74. The van der Waals surface area contributed by atoms with E-state index in [4.69, 9.17) is 11.6 Å². The second-order valence-corrected chi connectivity index (χ2v) is 6.56. The molecule has 1 aromatic carbocycles. The van der Waals surface area contributed by atoms with E-state index in [2.05, 4.69) is 21.4 Å². The van der Waals surface area contributed by atoms with Crippen LogP contribution in [-0.2, 0) is 0 Å². The lowest BCUT2D eigenvalue weighted by atomic mass is 10.3. The molecule has 0 saturated carbocycles. The number of hydrogen-bond acceptors (Lipinski definition) is 6. The second-order valence-electron chi connectivity index (χ2n) is 4.24. The number of anilines is 1. The highest BCUT2D eigenvalue weighted by molar-refractivity contribution is 7.22. The number of nitrogens with zero attached hydrogens (tertiary/aromatic N) is 3. The van der Waals surface area contributed by atoms with E-state index in [1.165, 1.54) is 22.7 Å². The number of aryl methyl sites for hydroxylation is 1. The van der Waals surface area contributed by atoms with Gasteiger partial charge in [-0.3, -0.25) is 0 Å². The molecule has 0 aliphatic rings. The van der Waals surface area contributed by atoms with Crippen molar-refractivity contribution in [3.05, 3.63) is 45.5 Å². The van der Waals surface area contributed by atoms with E-state index in [0.717, 1.165) is 15.9 Å². The molecule has 0 radical (unpaired) electrons. The Bertz CT molecular complexity index is 873. The van der Waals surface area contributed by atoms with Crippen molar-refractivity contribution in [3.8, 4) is 6.07 Å². The SMILES string of the molecule is Cc1csc(/C(C#N)=C/Nc2nc3ccc(Cl)cc3s2)n1. The number of halogens is 1. The minimum absolute atomic E-state index is 0.491. The second kappa shape index (κ2) is 5.82. The van der Waals surface area contributed by atoms with Crippen molar-refractivity contribution >= 4 is 55.2 Å². The van der Waals surface area contributed by atoms with Gasteiger partial charge in [0.15, 0.2) is 5.13 Å². The number of nitriles is 1. The number of benzene rings is 1. The Morgan fingerprint density at radius 3 is 3.00 bits per heavy atom. The molecule has 3 rings (SSSR count). The molecular formula is C14H9ClN4S2. The van der Waals surface area contributed by atoms with E-state index in [1.807, 2.05) is 30.5 Å². The average Bonchev–Trinajstić information content (AvgIpc) is 3.05. The zero-order valence-electron chi connectivity index (χ0n) is 10.9. The third-order valence-corrected chi connectivity index (χ3v) is 4.84. The molecule has 0 unspecified atom stereocenters. The molecule has 2 heterocycles. The van der Waals surface area contributed by atoms with Crippen LogP contribution in [0.2, 0.25) is 5.02 Å². The van der Waals surface area contributed by atoms with Crippen molar-refractivity contribution in [1.82, 2.24) is 9.97 Å². The van der Waals surface area contributed by atoms with E-state index in [0.29, 0.717) is 20.7 Å². The molecule has 0 bridgehead atoms. The summed E-state index contributed by atoms with van der Waals surface area (Å²) in [6.45, 7) is 1.90. The zero-order valence-corrected chi connectivity index (χ0v) is 13.3. The van der Waals surface area contributed by atoms with Crippen LogP contribution in [0.5, 0.6) is 0 Å². The lowest BCUT2D eigenvalue weighted by molar-refractivity contribution is 1.24. The third-order valence-electron chi connectivity index (χ3n) is 2.66. The first-order valence-electron chi connectivity index (χ1n) is 6.01. The number of fused-ring (bicyclic) bond motifs is 1. The Balaban J connectivity index is 1.87. The van der Waals surface area contributed by atoms with E-state index < -0.39 is 0 Å². The molecule has 104 valence electrons. The highest BCUT2D eigenvalue weighted by Crippen LogP contribution is 2.28. The van der Waals surface area contributed by atoms with Crippen molar-refractivity contribution in [3.63, 3.8) is 0 Å². The standard InChI is InChI=1S/C14H9ClN4S2/c1-8-7-20-13(18-8)9(5-16)6-17-14-19-11-3-2-10(15)4-12(11)21-14/h2-4,6-7H,1H3,(H,17,19)/b9-6+. The summed E-state index contributed by atoms with van der Waals surface area (Å²) in [5, 5.41) is 16.3. The van der Waals surface area contributed by atoms with Crippen molar-refractivity contribution in [2.45, 2.75) is 6.92 Å². The number of allylic oxidation sites excluding steroid dienone is 1. The molecule has 2 aromatic heterocycles. The van der Waals surface area contributed by atoms with Gasteiger partial charge in [-0.25, -0.2) is 9.97 Å². The smallest absolute Gasteiger partial charge is 0.187 e. The lowest BCUT2D eigenvalue weighted by Gasteiger charge is -1.95. The fourth-order valence-electron chi connectivity index (χ4n) is 1.71. The maximum absolute atomic E-state index is 9.22. The van der Waals surface area contributed by atoms with Crippen LogP contribution in [0, 0.1) is 18.3 Å². The van der Waals surface area contributed by atoms with Crippen molar-refractivity contribution in [1.29, 1.82) is 5.26 Å². The first-order valence-corrected chi connectivity index (χ1v) is 8.08. The summed E-state index contributed by atoms with van der Waals surface area (Å²) in [5.41, 5.74) is 2.28. The topological polar surface area (TPSA) is 61.6 Å². The van der Waals surface area contributed by atoms with E-state index in [1.54, 1.807) is 6.20 Å². The van der Waals surface area contributed by atoms with Gasteiger partial charge in [0.05, 0.1) is 10.2 Å². The first-order chi connectivity index (χ1) is 10.2. The van der Waals surface area contributed by atoms with Crippen LogP contribution in [0.1, 0.15) is 10.7 Å². The summed E-state index contributed by atoms with van der Waals surface area (Å²) in [6.07, 6.45) is 1.64. The molecule has 0 aliphatic heterocycles. The number of thiazole rings is 2. The van der Waals surface area contributed by atoms with Crippen LogP contribution >= 0.6 is 34.3 Å². The van der Waals surface area contributed by atoms with Gasteiger partial charge < -0.3 is 5.32 Å². The van der Waals surface area contributed by atoms with Crippen LogP contribution < -0.4 is 5.32 Å². The molecule has 1 N–H and O–H groups in total. The van der Waals surface area contributed by atoms with Crippen LogP contribution in [0.15, 0.2) is 29.8 Å². The van der Waals surface area contributed by atoms with Gasteiger partial charge in [-0.1, -0.05) is 22.9 Å². The molecular weight excluding hydrogens is 324 g/mol. The maximum Gasteiger partial charge on any atom is 0.187 e. The quantitative estimate of drug-likeness (QED) is 0.707. The highest BCUT2D eigenvalue weighted by atomic mass is 35.5. The number of aromatic nitrogens is 2. The maximum atomic E-state index is 9.22. The summed E-state index contributed by atoms with van der Waals surface area (Å²) in [7, 11) is 0. The summed E-state index contributed by atoms with van der Waals surface area (Å²) in [5.74, 6) is 0. The molecule has 0 fully saturated rings. The Kier molecular flexibility index (Phi) is 3.88. The highest BCUT2D eigenvalue weighted by Gasteiger charge is 2.07. The molecule has 0 aliphatic carbocycles. The van der Waals surface area contributed by atoms with Gasteiger partial charge in [0.1, 0.15) is 16.6 Å². The number of hydrogen-bond donors (Lipinski definition) is 1. The lowest BCUT2D eigenvalue weighted by Crippen LogP contribution is -1.90. The molecule has 0 amide bonds. The minimum atomic E-state index is 0.491. The molecule has 4 nitrogen and oxygen atoms in total. The van der Waals surface area contributed by atoms with Gasteiger partial charge >= 0.3 is 0 Å². The normalized spacial score (nSPS) is 11.6. The largest absolute Gasteiger partial charge is 0.337 e. The minimum Gasteiger partial charge on any atom is -0.337 e. The monoisotopic (exact) mass is 332 g/mol. The van der Waals surface area contributed by atoms with Gasteiger partial charge in [-0.05, 0) is 25.1 Å². The number of rotatable bonds is 3. The fraction of sp³-hybridized carbons (Fsp3) is 0.0714. The predicted octanol–water partition coefficient (Wildman–Crippen LogP) is 4.69. The third kappa shape index (κ3) is 3.05. The van der Waals surface area contributed by atoms with Gasteiger partial charge in [0.2, 0.25) is 0 Å². The van der Waals surface area contributed by atoms with E-state index >= 15 is 0 Å². The van der Waals surface area contributed by atoms with Crippen LogP contribution in [0.25, 0.3) is 15.8 Å². The molecule has 7 heteroatoms. The predicted molar refractivity (Wildman–Crippen MR) is 88.7 cm³/mol. The molecule has 0 spiro atoms. The van der Waals surface area contributed by atoms with Gasteiger partial charge in [0.25, 0.3) is 0 Å². The summed E-state index contributed by atoms with van der Waals surface area (Å²) < 4.78 is 1.00. The Morgan fingerprint density at radius 1 is 1.43 bits per heavy atom.